The maximum absolute atomic E-state index is 12.7. The number of hydrogen-bond acceptors (Lipinski definition) is 6. The van der Waals surface area contributed by atoms with Gasteiger partial charge in [-0.15, -0.1) is 0 Å². The molecule has 0 aliphatic carbocycles. The van der Waals surface area contributed by atoms with Gasteiger partial charge in [-0.3, -0.25) is 14.4 Å². The summed E-state index contributed by atoms with van der Waals surface area (Å²) in [4.78, 5) is 37.7. The van der Waals surface area contributed by atoms with Crippen molar-refractivity contribution in [3.8, 4) is 0 Å². The normalized spacial score (nSPS) is 12.1. The summed E-state index contributed by atoms with van der Waals surface area (Å²) < 4.78 is 16.7. The molecule has 0 rings (SSSR count). The molecule has 0 saturated carbocycles. The Morgan fingerprint density at radius 3 is 0.825 bits per heavy atom. The molecule has 0 spiro atoms. The van der Waals surface area contributed by atoms with E-state index in [4.69, 9.17) is 14.2 Å². The van der Waals surface area contributed by atoms with E-state index < -0.39 is 6.10 Å². The third-order valence-corrected chi connectivity index (χ3v) is 12.4. The van der Waals surface area contributed by atoms with Crippen molar-refractivity contribution in [3.63, 3.8) is 0 Å². The van der Waals surface area contributed by atoms with Crippen molar-refractivity contribution >= 4 is 17.9 Å². The first-order valence-electron chi connectivity index (χ1n) is 27.8. The van der Waals surface area contributed by atoms with Gasteiger partial charge in [-0.2, -0.15) is 0 Å². The van der Waals surface area contributed by atoms with Crippen molar-refractivity contribution in [2.24, 2.45) is 0 Å². The standard InChI is InChI=1S/C57H106O6/c1-4-7-10-13-16-18-20-22-23-24-25-26-27-28-29-30-31-32-33-34-35-36-38-39-41-44-47-50-56(59)62-53-54(52-61-55(58)49-46-43-15-12-9-6-3)63-57(60)51-48-45-42-40-37-21-19-17-14-11-8-5-2/h17,19,24-25,54H,4-16,18,20-23,26-53H2,1-3H3/b19-17-,25-24-. The second kappa shape index (κ2) is 52.5. The van der Waals surface area contributed by atoms with E-state index in [-0.39, 0.29) is 31.1 Å². The van der Waals surface area contributed by atoms with E-state index in [0.717, 1.165) is 64.2 Å². The number of carbonyl (C=O) groups excluding carboxylic acids is 3. The third-order valence-electron chi connectivity index (χ3n) is 12.4. The molecular formula is C57H106O6. The van der Waals surface area contributed by atoms with Crippen LogP contribution in [0, 0.1) is 0 Å². The summed E-state index contributed by atoms with van der Waals surface area (Å²) in [5.74, 6) is -0.878. The lowest BCUT2D eigenvalue weighted by Gasteiger charge is -2.18. The van der Waals surface area contributed by atoms with E-state index in [9.17, 15) is 14.4 Å². The van der Waals surface area contributed by atoms with Crippen LogP contribution in [0.4, 0.5) is 0 Å². The van der Waals surface area contributed by atoms with Gasteiger partial charge in [0.15, 0.2) is 6.10 Å². The topological polar surface area (TPSA) is 78.9 Å². The number of unbranched alkanes of at least 4 members (excludes halogenated alkanes) is 36. The monoisotopic (exact) mass is 887 g/mol. The minimum absolute atomic E-state index is 0.0713. The summed E-state index contributed by atoms with van der Waals surface area (Å²) in [5, 5.41) is 0. The zero-order chi connectivity index (χ0) is 45.8. The minimum Gasteiger partial charge on any atom is -0.462 e. The van der Waals surface area contributed by atoms with Gasteiger partial charge in [0.1, 0.15) is 13.2 Å². The summed E-state index contributed by atoms with van der Waals surface area (Å²) in [5.41, 5.74) is 0. The van der Waals surface area contributed by atoms with Gasteiger partial charge in [0.2, 0.25) is 0 Å². The van der Waals surface area contributed by atoms with Crippen LogP contribution in [0.3, 0.4) is 0 Å². The molecule has 0 saturated heterocycles. The molecule has 1 atom stereocenters. The molecule has 6 heteroatoms. The van der Waals surface area contributed by atoms with E-state index in [1.165, 1.54) is 199 Å². The summed E-state index contributed by atoms with van der Waals surface area (Å²) in [7, 11) is 0. The Bertz CT molecular complexity index is 1020. The summed E-state index contributed by atoms with van der Waals surface area (Å²) in [6.07, 6.45) is 60.7. The zero-order valence-corrected chi connectivity index (χ0v) is 42.4. The molecular weight excluding hydrogens is 781 g/mol. The zero-order valence-electron chi connectivity index (χ0n) is 42.4. The number of esters is 3. The van der Waals surface area contributed by atoms with E-state index in [1.54, 1.807) is 0 Å². The van der Waals surface area contributed by atoms with Crippen LogP contribution in [0.15, 0.2) is 24.3 Å². The Hall–Kier alpha value is -2.11. The Balaban J connectivity index is 3.99. The molecule has 370 valence electrons. The lowest BCUT2D eigenvalue weighted by molar-refractivity contribution is -0.167. The Morgan fingerprint density at radius 2 is 0.524 bits per heavy atom. The highest BCUT2D eigenvalue weighted by Crippen LogP contribution is 2.16. The first-order chi connectivity index (χ1) is 31.0. The van der Waals surface area contributed by atoms with E-state index in [2.05, 4.69) is 45.1 Å². The summed E-state index contributed by atoms with van der Waals surface area (Å²) in [6.45, 7) is 6.57. The van der Waals surface area contributed by atoms with Crippen LogP contribution < -0.4 is 0 Å². The van der Waals surface area contributed by atoms with Crippen LogP contribution in [0.5, 0.6) is 0 Å². The lowest BCUT2D eigenvalue weighted by Crippen LogP contribution is -2.30. The molecule has 0 fully saturated rings. The lowest BCUT2D eigenvalue weighted by atomic mass is 10.0. The molecule has 0 heterocycles. The maximum atomic E-state index is 12.7. The average Bonchev–Trinajstić information content (AvgIpc) is 3.28. The highest BCUT2D eigenvalue weighted by molar-refractivity contribution is 5.71. The number of rotatable bonds is 51. The second-order valence-electron chi connectivity index (χ2n) is 18.8. The second-order valence-corrected chi connectivity index (χ2v) is 18.8. The quantitative estimate of drug-likeness (QED) is 0.0262. The van der Waals surface area contributed by atoms with Gasteiger partial charge in [0.05, 0.1) is 0 Å². The van der Waals surface area contributed by atoms with Gasteiger partial charge < -0.3 is 14.2 Å². The molecule has 0 N–H and O–H groups in total. The smallest absolute Gasteiger partial charge is 0.306 e. The van der Waals surface area contributed by atoms with Crippen LogP contribution >= 0.6 is 0 Å². The Kier molecular flexibility index (Phi) is 50.8. The van der Waals surface area contributed by atoms with Crippen molar-refractivity contribution in [3.05, 3.63) is 24.3 Å². The van der Waals surface area contributed by atoms with Crippen molar-refractivity contribution in [2.45, 2.75) is 309 Å². The van der Waals surface area contributed by atoms with Gasteiger partial charge in [-0.1, -0.05) is 238 Å². The average molecular weight is 887 g/mol. The third kappa shape index (κ3) is 50.7. The molecule has 6 nitrogen and oxygen atoms in total. The van der Waals surface area contributed by atoms with E-state index >= 15 is 0 Å². The van der Waals surface area contributed by atoms with Crippen LogP contribution in [-0.2, 0) is 28.6 Å². The number of ether oxygens (including phenoxy) is 3. The minimum atomic E-state index is -0.768. The van der Waals surface area contributed by atoms with Crippen LogP contribution in [0.25, 0.3) is 0 Å². The molecule has 0 aromatic heterocycles. The predicted molar refractivity (Wildman–Crippen MR) is 270 cm³/mol. The van der Waals surface area contributed by atoms with Gasteiger partial charge >= 0.3 is 17.9 Å². The first kappa shape index (κ1) is 60.9. The molecule has 0 bridgehead atoms. The van der Waals surface area contributed by atoms with Crippen molar-refractivity contribution in [2.75, 3.05) is 13.2 Å². The number of carbonyl (C=O) groups is 3. The predicted octanol–water partition coefficient (Wildman–Crippen LogP) is 18.3. The van der Waals surface area contributed by atoms with Crippen molar-refractivity contribution < 1.29 is 28.6 Å². The van der Waals surface area contributed by atoms with Crippen molar-refractivity contribution in [1.29, 1.82) is 0 Å². The number of allylic oxidation sites excluding steroid dienone is 4. The van der Waals surface area contributed by atoms with Crippen LogP contribution in [-0.4, -0.2) is 37.2 Å². The molecule has 0 aromatic carbocycles. The molecule has 63 heavy (non-hydrogen) atoms. The molecule has 0 amide bonds. The fourth-order valence-corrected chi connectivity index (χ4v) is 8.20. The Morgan fingerprint density at radius 1 is 0.302 bits per heavy atom. The molecule has 0 aliphatic heterocycles. The van der Waals surface area contributed by atoms with Gasteiger partial charge in [-0.25, -0.2) is 0 Å². The first-order valence-corrected chi connectivity index (χ1v) is 27.8. The largest absolute Gasteiger partial charge is 0.462 e. The summed E-state index contributed by atoms with van der Waals surface area (Å²) in [6, 6.07) is 0. The van der Waals surface area contributed by atoms with Gasteiger partial charge in [-0.05, 0) is 70.6 Å². The fraction of sp³-hybridized carbons (Fsp3) is 0.877. The maximum Gasteiger partial charge on any atom is 0.306 e. The van der Waals surface area contributed by atoms with Crippen LogP contribution in [0.1, 0.15) is 303 Å². The fourth-order valence-electron chi connectivity index (χ4n) is 8.20. The van der Waals surface area contributed by atoms with E-state index in [1.807, 2.05) is 0 Å². The van der Waals surface area contributed by atoms with Gasteiger partial charge in [0.25, 0.3) is 0 Å². The molecule has 0 aliphatic rings. The summed E-state index contributed by atoms with van der Waals surface area (Å²) >= 11 is 0. The number of hydrogen-bond donors (Lipinski definition) is 0. The molecule has 0 aromatic rings. The van der Waals surface area contributed by atoms with Gasteiger partial charge in [0, 0.05) is 19.3 Å². The molecule has 1 unspecified atom stereocenters. The highest BCUT2D eigenvalue weighted by atomic mass is 16.6. The van der Waals surface area contributed by atoms with E-state index in [0.29, 0.717) is 19.3 Å². The molecule has 0 radical (unpaired) electrons. The SMILES string of the molecule is CCCCC/C=C\CCCCCCCC(=O)OC(COC(=O)CCCCCCCC)COC(=O)CCCCCCCCCCCCCCCCC/C=C\CCCCCCCCCC. The Labute approximate surface area is 392 Å². The highest BCUT2D eigenvalue weighted by Gasteiger charge is 2.19. The van der Waals surface area contributed by atoms with Crippen LogP contribution in [0.2, 0.25) is 0 Å². The van der Waals surface area contributed by atoms with Crippen molar-refractivity contribution in [1.82, 2.24) is 0 Å².